The third kappa shape index (κ3) is 6.84. The van der Waals surface area contributed by atoms with E-state index in [1.54, 1.807) is 0 Å². The maximum absolute atomic E-state index is 13.2. The fraction of sp³-hybridized carbons (Fsp3) is 0.143. The van der Waals surface area contributed by atoms with Crippen molar-refractivity contribution in [3.8, 4) is 0 Å². The first-order valence-corrected chi connectivity index (χ1v) is 16.0. The van der Waals surface area contributed by atoms with Crippen molar-refractivity contribution in [2.24, 2.45) is 0 Å². The molecular formula is C28H28O2P2S. The number of sulfone groups is 1. The number of benzene rings is 4. The summed E-state index contributed by atoms with van der Waals surface area (Å²) in [4.78, 5) is 0. The molecule has 0 unspecified atom stereocenters. The summed E-state index contributed by atoms with van der Waals surface area (Å²) in [6.07, 6.45) is 1.31. The molecule has 4 rings (SSSR count). The lowest BCUT2D eigenvalue weighted by atomic mass is 10.4. The molecule has 0 aliphatic rings. The van der Waals surface area contributed by atoms with E-state index in [4.69, 9.17) is 0 Å². The highest BCUT2D eigenvalue weighted by Gasteiger charge is 2.21. The Hall–Kier alpha value is -2.31. The molecule has 5 heteroatoms. The highest BCUT2D eigenvalue weighted by atomic mass is 32.2. The van der Waals surface area contributed by atoms with Crippen LogP contribution in [0.3, 0.4) is 0 Å². The Balaban J connectivity index is 1.48. The first-order valence-electron chi connectivity index (χ1n) is 11.1. The van der Waals surface area contributed by atoms with Gasteiger partial charge in [-0.05, 0) is 49.4 Å². The van der Waals surface area contributed by atoms with Crippen LogP contribution < -0.4 is 21.2 Å². The van der Waals surface area contributed by atoms with E-state index in [1.807, 2.05) is 72.8 Å². The molecular weight excluding hydrogens is 462 g/mol. The molecule has 33 heavy (non-hydrogen) atoms. The minimum Gasteiger partial charge on any atom is -0.229 e. The zero-order valence-electron chi connectivity index (χ0n) is 18.5. The number of hydrogen-bond donors (Lipinski definition) is 0. The topological polar surface area (TPSA) is 34.1 Å². The van der Waals surface area contributed by atoms with E-state index in [0.717, 1.165) is 0 Å². The van der Waals surface area contributed by atoms with Gasteiger partial charge in [-0.2, -0.15) is 0 Å². The van der Waals surface area contributed by atoms with Crippen LogP contribution in [-0.2, 0) is 9.84 Å². The lowest BCUT2D eigenvalue weighted by Crippen LogP contribution is -2.23. The zero-order valence-corrected chi connectivity index (χ0v) is 21.1. The second-order valence-electron chi connectivity index (χ2n) is 7.80. The largest absolute Gasteiger partial charge is 0.229 e. The highest BCUT2D eigenvalue weighted by molar-refractivity contribution is 7.92. The van der Waals surface area contributed by atoms with Crippen LogP contribution in [-0.4, -0.2) is 32.2 Å². The van der Waals surface area contributed by atoms with Gasteiger partial charge in [0, 0.05) is 0 Å². The van der Waals surface area contributed by atoms with Gasteiger partial charge in [0.15, 0.2) is 9.84 Å². The average Bonchev–Trinajstić information content (AvgIpc) is 2.87. The lowest BCUT2D eigenvalue weighted by molar-refractivity contribution is 0.599. The van der Waals surface area contributed by atoms with E-state index in [9.17, 15) is 8.42 Å². The molecule has 0 atom stereocenters. The minimum atomic E-state index is -3.17. The van der Waals surface area contributed by atoms with Gasteiger partial charge >= 0.3 is 0 Å². The predicted octanol–water partition coefficient (Wildman–Crippen LogP) is 4.67. The Morgan fingerprint density at radius 1 is 0.424 bits per heavy atom. The van der Waals surface area contributed by atoms with Crippen LogP contribution in [0.4, 0.5) is 0 Å². The highest BCUT2D eigenvalue weighted by Crippen LogP contribution is 2.35. The van der Waals surface area contributed by atoms with Crippen LogP contribution >= 0.6 is 15.8 Å². The van der Waals surface area contributed by atoms with Crippen molar-refractivity contribution in [1.29, 1.82) is 0 Å². The molecule has 0 heterocycles. The van der Waals surface area contributed by atoms with Gasteiger partial charge in [0.05, 0.1) is 11.5 Å². The Kier molecular flexibility index (Phi) is 8.46. The smallest absolute Gasteiger partial charge is 0.151 e. The number of rotatable bonds is 10. The summed E-state index contributed by atoms with van der Waals surface area (Å²) in [6, 6.07) is 41.3. The third-order valence-corrected chi connectivity index (χ3v) is 12.8. The van der Waals surface area contributed by atoms with Crippen LogP contribution in [0.2, 0.25) is 0 Å². The van der Waals surface area contributed by atoms with Crippen molar-refractivity contribution >= 4 is 46.9 Å². The SMILES string of the molecule is O=S(=O)(CCP(c1ccccc1)c1ccccc1)CCP(c1ccccc1)c1ccccc1. The molecule has 0 saturated carbocycles. The van der Waals surface area contributed by atoms with Gasteiger partial charge in [-0.25, -0.2) is 8.42 Å². The van der Waals surface area contributed by atoms with Gasteiger partial charge in [0.25, 0.3) is 0 Å². The quantitative estimate of drug-likeness (QED) is 0.303. The molecule has 4 aromatic carbocycles. The van der Waals surface area contributed by atoms with Gasteiger partial charge in [0.2, 0.25) is 0 Å². The molecule has 0 amide bonds. The first-order chi connectivity index (χ1) is 16.1. The molecule has 168 valence electrons. The summed E-state index contributed by atoms with van der Waals surface area (Å²) in [5.41, 5.74) is 0. The molecule has 0 aliphatic heterocycles. The zero-order chi connectivity index (χ0) is 22.9. The summed E-state index contributed by atoms with van der Waals surface area (Å²) in [5.74, 6) is 0.435. The Morgan fingerprint density at radius 2 is 0.667 bits per heavy atom. The molecule has 0 bridgehead atoms. The van der Waals surface area contributed by atoms with Crippen molar-refractivity contribution in [3.05, 3.63) is 121 Å². The molecule has 0 spiro atoms. The Morgan fingerprint density at radius 3 is 0.909 bits per heavy atom. The standard InChI is InChI=1S/C28H28O2P2S/c29-33(30,23-21-31(25-13-5-1-6-14-25)26-15-7-2-8-16-26)24-22-32(27-17-9-3-10-18-27)28-19-11-4-12-20-28/h1-20H,21-24H2. The van der Waals surface area contributed by atoms with E-state index in [2.05, 4.69) is 48.5 Å². The van der Waals surface area contributed by atoms with Crippen LogP contribution in [0.1, 0.15) is 0 Å². The van der Waals surface area contributed by atoms with Crippen molar-refractivity contribution in [2.45, 2.75) is 0 Å². The predicted molar refractivity (Wildman–Crippen MR) is 147 cm³/mol. The molecule has 0 N–H and O–H groups in total. The molecule has 2 nitrogen and oxygen atoms in total. The second-order valence-corrected chi connectivity index (χ2v) is 14.8. The van der Waals surface area contributed by atoms with Crippen molar-refractivity contribution in [1.82, 2.24) is 0 Å². The maximum atomic E-state index is 13.2. The summed E-state index contributed by atoms with van der Waals surface area (Å²) in [7, 11) is -4.58. The van der Waals surface area contributed by atoms with E-state index in [0.29, 0.717) is 12.3 Å². The van der Waals surface area contributed by atoms with E-state index in [1.165, 1.54) is 21.2 Å². The molecule has 0 aromatic heterocycles. The van der Waals surface area contributed by atoms with Crippen molar-refractivity contribution in [3.63, 3.8) is 0 Å². The van der Waals surface area contributed by atoms with E-state index < -0.39 is 25.7 Å². The van der Waals surface area contributed by atoms with Gasteiger partial charge in [-0.1, -0.05) is 121 Å². The Labute approximate surface area is 200 Å². The van der Waals surface area contributed by atoms with Crippen LogP contribution in [0, 0.1) is 0 Å². The van der Waals surface area contributed by atoms with Crippen LogP contribution in [0.25, 0.3) is 0 Å². The normalized spacial score (nSPS) is 11.7. The van der Waals surface area contributed by atoms with Crippen molar-refractivity contribution in [2.75, 3.05) is 23.8 Å². The monoisotopic (exact) mass is 490 g/mol. The molecule has 0 fully saturated rings. The summed E-state index contributed by atoms with van der Waals surface area (Å²) >= 11 is 0. The molecule has 0 saturated heterocycles. The second kappa shape index (κ2) is 11.7. The summed E-state index contributed by atoms with van der Waals surface area (Å²) < 4.78 is 26.4. The van der Waals surface area contributed by atoms with Gasteiger partial charge in [-0.15, -0.1) is 0 Å². The average molecular weight is 491 g/mol. The van der Waals surface area contributed by atoms with Gasteiger partial charge in [-0.3, -0.25) is 0 Å². The fourth-order valence-electron chi connectivity index (χ4n) is 3.81. The Bertz CT molecular complexity index is 1040. The summed E-state index contributed by atoms with van der Waals surface area (Å²) in [6.45, 7) is 0. The molecule has 0 radical (unpaired) electrons. The van der Waals surface area contributed by atoms with Crippen LogP contribution in [0.15, 0.2) is 121 Å². The lowest BCUT2D eigenvalue weighted by Gasteiger charge is -2.20. The van der Waals surface area contributed by atoms with E-state index >= 15 is 0 Å². The van der Waals surface area contributed by atoms with Gasteiger partial charge < -0.3 is 0 Å². The third-order valence-electron chi connectivity index (χ3n) is 5.52. The van der Waals surface area contributed by atoms with Crippen LogP contribution in [0.5, 0.6) is 0 Å². The van der Waals surface area contributed by atoms with Gasteiger partial charge in [0.1, 0.15) is 0 Å². The molecule has 4 aromatic rings. The molecule has 0 aliphatic carbocycles. The van der Waals surface area contributed by atoms with E-state index in [-0.39, 0.29) is 11.5 Å². The summed E-state index contributed by atoms with van der Waals surface area (Å²) in [5, 5.41) is 4.91. The van der Waals surface area contributed by atoms with Crippen molar-refractivity contribution < 1.29 is 8.42 Å². The maximum Gasteiger partial charge on any atom is 0.151 e. The fourth-order valence-corrected chi connectivity index (χ4v) is 11.5. The first kappa shape index (κ1) is 23.8. The minimum absolute atomic E-state index is 0.218. The number of hydrogen-bond acceptors (Lipinski definition) is 2.